The number of aromatic nitrogens is 2. The Labute approximate surface area is 147 Å². The van der Waals surface area contributed by atoms with E-state index in [1.165, 1.54) is 11.8 Å². The van der Waals surface area contributed by atoms with Gasteiger partial charge in [-0.15, -0.1) is 0 Å². The van der Waals surface area contributed by atoms with Crippen molar-refractivity contribution in [3.05, 3.63) is 45.7 Å². The number of rotatable bonds is 6. The molecule has 0 bridgehead atoms. The summed E-state index contributed by atoms with van der Waals surface area (Å²) >= 11 is 4.66. The summed E-state index contributed by atoms with van der Waals surface area (Å²) in [5, 5.41) is 0.583. The van der Waals surface area contributed by atoms with Crippen LogP contribution in [0.15, 0.2) is 33.9 Å². The van der Waals surface area contributed by atoms with E-state index < -0.39 is 0 Å². The molecular weight excluding hydrogens is 380 g/mol. The first-order valence-corrected chi connectivity index (χ1v) is 8.69. The van der Waals surface area contributed by atoms with Crippen molar-refractivity contribution >= 4 is 33.7 Å². The van der Waals surface area contributed by atoms with Gasteiger partial charge >= 0.3 is 5.97 Å². The van der Waals surface area contributed by atoms with Crippen molar-refractivity contribution in [2.24, 2.45) is 0 Å². The third-order valence-corrected chi connectivity index (χ3v) is 4.23. The zero-order valence-corrected chi connectivity index (χ0v) is 15.5. The monoisotopic (exact) mass is 396 g/mol. The Bertz CT molecular complexity index is 689. The summed E-state index contributed by atoms with van der Waals surface area (Å²) in [7, 11) is 1.59. The van der Waals surface area contributed by atoms with Gasteiger partial charge in [0, 0.05) is 21.4 Å². The molecule has 0 unspecified atom stereocenters. The number of thioether (sulfide) groups is 1. The van der Waals surface area contributed by atoms with Gasteiger partial charge in [-0.25, -0.2) is 9.97 Å². The number of carbonyl (C=O) groups is 1. The standard InChI is InChI=1S/C16H17BrN2O3S/c1-10-6-11(2)19-16(18-10)23-9-15(20)22-8-12-7-13(17)4-5-14(12)21-3/h4-7H,8-9H2,1-3H3. The van der Waals surface area contributed by atoms with Gasteiger partial charge in [-0.3, -0.25) is 4.79 Å². The molecule has 0 radical (unpaired) electrons. The topological polar surface area (TPSA) is 61.3 Å². The lowest BCUT2D eigenvalue weighted by Crippen LogP contribution is -2.08. The molecule has 0 aliphatic heterocycles. The average Bonchev–Trinajstić information content (AvgIpc) is 2.50. The van der Waals surface area contributed by atoms with E-state index in [2.05, 4.69) is 25.9 Å². The van der Waals surface area contributed by atoms with E-state index in [1.54, 1.807) is 7.11 Å². The maximum atomic E-state index is 11.9. The molecule has 0 N–H and O–H groups in total. The fourth-order valence-corrected chi connectivity index (χ4v) is 3.10. The van der Waals surface area contributed by atoms with Crippen LogP contribution in [0.5, 0.6) is 5.75 Å². The average molecular weight is 397 g/mol. The van der Waals surface area contributed by atoms with Crippen molar-refractivity contribution in [2.75, 3.05) is 12.9 Å². The van der Waals surface area contributed by atoms with E-state index in [1.807, 2.05) is 38.1 Å². The fraction of sp³-hybridized carbons (Fsp3) is 0.312. The van der Waals surface area contributed by atoms with E-state index in [0.29, 0.717) is 10.9 Å². The quantitative estimate of drug-likeness (QED) is 0.421. The third-order valence-electron chi connectivity index (χ3n) is 2.91. The van der Waals surface area contributed by atoms with Gasteiger partial charge in [0.25, 0.3) is 0 Å². The zero-order valence-electron chi connectivity index (χ0n) is 13.1. The molecule has 2 rings (SSSR count). The fourth-order valence-electron chi connectivity index (χ4n) is 1.94. The number of ether oxygens (including phenoxy) is 2. The molecule has 5 nitrogen and oxygen atoms in total. The lowest BCUT2D eigenvalue weighted by molar-refractivity contribution is -0.141. The summed E-state index contributed by atoms with van der Waals surface area (Å²) in [5.41, 5.74) is 2.57. The van der Waals surface area contributed by atoms with Gasteiger partial charge < -0.3 is 9.47 Å². The first-order chi connectivity index (χ1) is 11.0. The predicted octanol–water partition coefficient (Wildman–Crippen LogP) is 3.70. The Hall–Kier alpha value is -1.60. The SMILES string of the molecule is COc1ccc(Br)cc1COC(=O)CSc1nc(C)cc(C)n1. The Morgan fingerprint density at radius 3 is 2.57 bits per heavy atom. The van der Waals surface area contributed by atoms with Crippen molar-refractivity contribution in [1.29, 1.82) is 0 Å². The van der Waals surface area contributed by atoms with Crippen LogP contribution in [0.4, 0.5) is 0 Å². The highest BCUT2D eigenvalue weighted by Crippen LogP contribution is 2.24. The summed E-state index contributed by atoms with van der Waals surface area (Å²) in [5.74, 6) is 0.533. The molecule has 1 heterocycles. The van der Waals surface area contributed by atoms with Gasteiger partial charge in [0.05, 0.1) is 12.9 Å². The smallest absolute Gasteiger partial charge is 0.316 e. The minimum absolute atomic E-state index is 0.162. The largest absolute Gasteiger partial charge is 0.496 e. The molecule has 1 aromatic heterocycles. The van der Waals surface area contributed by atoms with Crippen molar-refractivity contribution in [3.63, 3.8) is 0 Å². The molecule has 0 saturated heterocycles. The zero-order chi connectivity index (χ0) is 16.8. The number of hydrogen-bond donors (Lipinski definition) is 0. The van der Waals surface area contributed by atoms with Gasteiger partial charge in [0.2, 0.25) is 0 Å². The molecule has 0 aliphatic rings. The Kier molecular flexibility index (Phi) is 6.41. The van der Waals surface area contributed by atoms with Crippen molar-refractivity contribution in [2.45, 2.75) is 25.6 Å². The number of aryl methyl sites for hydroxylation is 2. The van der Waals surface area contributed by atoms with Crippen molar-refractivity contribution in [1.82, 2.24) is 9.97 Å². The van der Waals surface area contributed by atoms with Crippen LogP contribution in [0.2, 0.25) is 0 Å². The summed E-state index contributed by atoms with van der Waals surface area (Å²) in [4.78, 5) is 20.5. The van der Waals surface area contributed by atoms with E-state index in [4.69, 9.17) is 9.47 Å². The molecule has 7 heteroatoms. The molecule has 23 heavy (non-hydrogen) atoms. The summed E-state index contributed by atoms with van der Waals surface area (Å²) in [6, 6.07) is 7.46. The van der Waals surface area contributed by atoms with Crippen LogP contribution in [0.3, 0.4) is 0 Å². The van der Waals surface area contributed by atoms with Gasteiger partial charge in [0.1, 0.15) is 12.4 Å². The van der Waals surface area contributed by atoms with Gasteiger partial charge in [-0.1, -0.05) is 27.7 Å². The first-order valence-electron chi connectivity index (χ1n) is 6.91. The first kappa shape index (κ1) is 17.7. The highest BCUT2D eigenvalue weighted by Gasteiger charge is 2.10. The molecule has 0 spiro atoms. The lowest BCUT2D eigenvalue weighted by Gasteiger charge is -2.10. The van der Waals surface area contributed by atoms with Crippen LogP contribution in [0.1, 0.15) is 17.0 Å². The predicted molar refractivity (Wildman–Crippen MR) is 92.7 cm³/mol. The lowest BCUT2D eigenvalue weighted by atomic mass is 10.2. The Balaban J connectivity index is 1.89. The maximum Gasteiger partial charge on any atom is 0.316 e. The van der Waals surface area contributed by atoms with E-state index >= 15 is 0 Å². The number of benzene rings is 1. The number of esters is 1. The third kappa shape index (κ3) is 5.51. The minimum atomic E-state index is -0.320. The molecule has 2 aromatic rings. The van der Waals surface area contributed by atoms with Crippen LogP contribution in [-0.4, -0.2) is 28.8 Å². The van der Waals surface area contributed by atoms with Crippen LogP contribution >= 0.6 is 27.7 Å². The highest BCUT2D eigenvalue weighted by atomic mass is 79.9. The van der Waals surface area contributed by atoms with E-state index in [-0.39, 0.29) is 18.3 Å². The number of hydrogen-bond acceptors (Lipinski definition) is 6. The number of halogens is 1. The molecule has 0 aliphatic carbocycles. The van der Waals surface area contributed by atoms with Crippen molar-refractivity contribution < 1.29 is 14.3 Å². The molecule has 0 amide bonds. The molecule has 1 aromatic carbocycles. The van der Waals surface area contributed by atoms with Crippen LogP contribution in [-0.2, 0) is 16.1 Å². The van der Waals surface area contributed by atoms with Crippen LogP contribution < -0.4 is 4.74 Å². The number of nitrogens with zero attached hydrogens (tertiary/aromatic N) is 2. The second-order valence-corrected chi connectivity index (χ2v) is 6.70. The molecular formula is C16H17BrN2O3S. The Morgan fingerprint density at radius 1 is 1.22 bits per heavy atom. The minimum Gasteiger partial charge on any atom is -0.496 e. The second kappa shape index (κ2) is 8.31. The summed E-state index contributed by atoms with van der Waals surface area (Å²) < 4.78 is 11.4. The number of carbonyl (C=O) groups excluding carboxylic acids is 1. The molecule has 0 fully saturated rings. The van der Waals surface area contributed by atoms with E-state index in [0.717, 1.165) is 21.4 Å². The summed E-state index contributed by atoms with van der Waals surface area (Å²) in [6.45, 7) is 3.96. The normalized spacial score (nSPS) is 10.4. The second-order valence-electron chi connectivity index (χ2n) is 4.84. The molecule has 0 saturated carbocycles. The molecule has 122 valence electrons. The van der Waals surface area contributed by atoms with Gasteiger partial charge in [-0.05, 0) is 38.1 Å². The molecule has 0 atom stereocenters. The summed E-state index contributed by atoms with van der Waals surface area (Å²) in [6.07, 6.45) is 0. The van der Waals surface area contributed by atoms with Gasteiger partial charge in [-0.2, -0.15) is 0 Å². The van der Waals surface area contributed by atoms with Crippen LogP contribution in [0.25, 0.3) is 0 Å². The van der Waals surface area contributed by atoms with Crippen LogP contribution in [0, 0.1) is 13.8 Å². The van der Waals surface area contributed by atoms with E-state index in [9.17, 15) is 4.79 Å². The van der Waals surface area contributed by atoms with Crippen molar-refractivity contribution in [3.8, 4) is 5.75 Å². The number of methoxy groups -OCH3 is 1. The Morgan fingerprint density at radius 2 is 1.91 bits per heavy atom. The highest BCUT2D eigenvalue weighted by molar-refractivity contribution is 9.10. The van der Waals surface area contributed by atoms with Gasteiger partial charge in [0.15, 0.2) is 5.16 Å². The maximum absolute atomic E-state index is 11.9.